The predicted octanol–water partition coefficient (Wildman–Crippen LogP) is 3.06. The summed E-state index contributed by atoms with van der Waals surface area (Å²) < 4.78 is 40.2. The summed E-state index contributed by atoms with van der Waals surface area (Å²) in [6, 6.07) is 9.44. The standard InChI is InChI=1S/C27H34N6O4S/c1-20-17-24(36-3)18-21(2)26(20)38(34,35)33-12-4-5-23(33)19-37-27-29-11-8-25(30-27)32-15-13-31(14-16-32)22-6-9-28-10-7-22/h6-11,17-18,23H,4-5,12-16,19H2,1-3H3/t23-/m0/s1. The third-order valence-corrected chi connectivity index (χ3v) is 9.47. The van der Waals surface area contributed by atoms with Gasteiger partial charge in [-0.2, -0.15) is 9.29 Å². The summed E-state index contributed by atoms with van der Waals surface area (Å²) in [4.78, 5) is 17.9. The lowest BCUT2D eigenvalue weighted by molar-refractivity contribution is 0.218. The third-order valence-electron chi connectivity index (χ3n) is 7.21. The normalized spacial score (nSPS) is 18.6. The Labute approximate surface area is 224 Å². The van der Waals surface area contributed by atoms with Crippen LogP contribution in [0, 0.1) is 13.8 Å². The number of sulfonamides is 1. The van der Waals surface area contributed by atoms with Crippen molar-refractivity contribution in [3.05, 3.63) is 60.0 Å². The monoisotopic (exact) mass is 538 g/mol. The van der Waals surface area contributed by atoms with Gasteiger partial charge >= 0.3 is 6.01 Å². The first-order valence-electron chi connectivity index (χ1n) is 12.9. The number of pyridine rings is 1. The van der Waals surface area contributed by atoms with E-state index in [4.69, 9.17) is 9.47 Å². The number of hydrogen-bond donors (Lipinski definition) is 0. The molecule has 1 aromatic carbocycles. The van der Waals surface area contributed by atoms with Crippen LogP contribution in [0.4, 0.5) is 11.5 Å². The van der Waals surface area contributed by atoms with Crippen LogP contribution in [0.25, 0.3) is 0 Å². The molecule has 0 N–H and O–H groups in total. The molecule has 10 nitrogen and oxygen atoms in total. The van der Waals surface area contributed by atoms with Gasteiger partial charge in [0.25, 0.3) is 0 Å². The number of rotatable bonds is 8. The zero-order valence-corrected chi connectivity index (χ0v) is 22.9. The fraction of sp³-hybridized carbons (Fsp3) is 0.444. The number of anilines is 2. The quantitative estimate of drug-likeness (QED) is 0.428. The Morgan fingerprint density at radius 2 is 1.63 bits per heavy atom. The minimum atomic E-state index is -3.69. The average Bonchev–Trinajstić information content (AvgIpc) is 3.42. The topological polar surface area (TPSA) is 101 Å². The Morgan fingerprint density at radius 3 is 2.32 bits per heavy atom. The van der Waals surface area contributed by atoms with Crippen LogP contribution in [0.3, 0.4) is 0 Å². The van der Waals surface area contributed by atoms with Gasteiger partial charge in [0.05, 0.1) is 18.0 Å². The first-order chi connectivity index (χ1) is 18.4. The second kappa shape index (κ2) is 11.1. The van der Waals surface area contributed by atoms with E-state index < -0.39 is 10.0 Å². The lowest BCUT2D eigenvalue weighted by Gasteiger charge is -2.36. The largest absolute Gasteiger partial charge is 0.497 e. The van der Waals surface area contributed by atoms with Crippen molar-refractivity contribution in [1.29, 1.82) is 0 Å². The summed E-state index contributed by atoms with van der Waals surface area (Å²) in [6.45, 7) is 7.69. The molecule has 3 aromatic rings. The Bertz CT molecular complexity index is 1340. The minimum Gasteiger partial charge on any atom is -0.497 e. The van der Waals surface area contributed by atoms with Crippen molar-refractivity contribution in [1.82, 2.24) is 19.3 Å². The van der Waals surface area contributed by atoms with Crippen LogP contribution in [0.5, 0.6) is 11.8 Å². The van der Waals surface area contributed by atoms with E-state index in [1.54, 1.807) is 43.6 Å². The predicted molar refractivity (Wildman–Crippen MR) is 146 cm³/mol. The molecule has 2 aliphatic heterocycles. The number of hydrogen-bond acceptors (Lipinski definition) is 9. The third kappa shape index (κ3) is 5.39. The summed E-state index contributed by atoms with van der Waals surface area (Å²) in [6.07, 6.45) is 6.83. The molecule has 4 heterocycles. The molecule has 0 amide bonds. The second-order valence-corrected chi connectivity index (χ2v) is 11.5. The minimum absolute atomic E-state index is 0.201. The number of aryl methyl sites for hydroxylation is 2. The van der Waals surface area contributed by atoms with E-state index in [9.17, 15) is 8.42 Å². The molecule has 0 bridgehead atoms. The van der Waals surface area contributed by atoms with Gasteiger partial charge in [-0.1, -0.05) is 0 Å². The van der Waals surface area contributed by atoms with Gasteiger partial charge in [-0.25, -0.2) is 13.4 Å². The van der Waals surface area contributed by atoms with Crippen molar-refractivity contribution >= 4 is 21.5 Å². The molecule has 0 spiro atoms. The maximum Gasteiger partial charge on any atom is 0.318 e. The van der Waals surface area contributed by atoms with Crippen LogP contribution in [-0.2, 0) is 10.0 Å². The van der Waals surface area contributed by atoms with E-state index in [-0.39, 0.29) is 18.7 Å². The molecule has 202 valence electrons. The summed E-state index contributed by atoms with van der Waals surface area (Å²) in [7, 11) is -2.11. The van der Waals surface area contributed by atoms with Crippen molar-refractivity contribution in [2.45, 2.75) is 37.6 Å². The first kappa shape index (κ1) is 26.2. The molecule has 2 saturated heterocycles. The molecule has 11 heteroatoms. The number of aromatic nitrogens is 3. The van der Waals surface area contributed by atoms with Crippen LogP contribution >= 0.6 is 0 Å². The summed E-state index contributed by atoms with van der Waals surface area (Å²) >= 11 is 0. The van der Waals surface area contributed by atoms with Gasteiger partial charge in [0.15, 0.2) is 0 Å². The molecule has 0 saturated carbocycles. The lowest BCUT2D eigenvalue weighted by Crippen LogP contribution is -2.46. The first-order valence-corrected chi connectivity index (χ1v) is 14.3. The van der Waals surface area contributed by atoms with E-state index in [0.717, 1.165) is 44.8 Å². The molecule has 2 aromatic heterocycles. The van der Waals surface area contributed by atoms with Gasteiger partial charge in [-0.3, -0.25) is 4.98 Å². The van der Waals surface area contributed by atoms with Crippen molar-refractivity contribution in [3.8, 4) is 11.8 Å². The highest BCUT2D eigenvalue weighted by molar-refractivity contribution is 7.89. The van der Waals surface area contributed by atoms with Gasteiger partial charge in [0, 0.05) is 57.0 Å². The van der Waals surface area contributed by atoms with Gasteiger partial charge in [-0.05, 0) is 68.1 Å². The van der Waals surface area contributed by atoms with E-state index in [2.05, 4.69) is 24.8 Å². The van der Waals surface area contributed by atoms with Crippen LogP contribution < -0.4 is 19.3 Å². The Morgan fingerprint density at radius 1 is 0.947 bits per heavy atom. The molecule has 0 aliphatic carbocycles. The van der Waals surface area contributed by atoms with E-state index in [1.807, 2.05) is 30.6 Å². The summed E-state index contributed by atoms with van der Waals surface area (Å²) in [5.74, 6) is 1.46. The Balaban J connectivity index is 1.23. The highest BCUT2D eigenvalue weighted by Crippen LogP contribution is 2.32. The molecule has 0 radical (unpaired) electrons. The van der Waals surface area contributed by atoms with Gasteiger partial charge < -0.3 is 19.3 Å². The van der Waals surface area contributed by atoms with Gasteiger partial charge in [0.2, 0.25) is 10.0 Å². The fourth-order valence-electron chi connectivity index (χ4n) is 5.34. The molecule has 0 unspecified atom stereocenters. The van der Waals surface area contributed by atoms with Crippen LogP contribution in [0.1, 0.15) is 24.0 Å². The highest BCUT2D eigenvalue weighted by atomic mass is 32.2. The Kier molecular flexibility index (Phi) is 7.66. The van der Waals surface area contributed by atoms with Crippen molar-refractivity contribution < 1.29 is 17.9 Å². The molecular formula is C27H34N6O4S. The summed E-state index contributed by atoms with van der Waals surface area (Å²) in [5, 5.41) is 0. The lowest BCUT2D eigenvalue weighted by atomic mass is 10.1. The molecule has 2 aliphatic rings. The molecule has 2 fully saturated rings. The van der Waals surface area contributed by atoms with Crippen LogP contribution in [0.15, 0.2) is 53.8 Å². The van der Waals surface area contributed by atoms with Crippen molar-refractivity contribution in [2.75, 3.05) is 56.2 Å². The summed E-state index contributed by atoms with van der Waals surface area (Å²) in [5.41, 5.74) is 2.52. The SMILES string of the molecule is COc1cc(C)c(S(=O)(=O)N2CCC[C@H]2COc2nccc(N3CCN(c4ccncc4)CC3)n2)c(C)c1. The number of benzene rings is 1. The van der Waals surface area contributed by atoms with Crippen LogP contribution in [-0.4, -0.2) is 80.2 Å². The number of piperazine rings is 1. The zero-order chi connectivity index (χ0) is 26.7. The average molecular weight is 539 g/mol. The van der Waals surface area contributed by atoms with Crippen molar-refractivity contribution in [3.63, 3.8) is 0 Å². The maximum atomic E-state index is 13.7. The number of methoxy groups -OCH3 is 1. The van der Waals surface area contributed by atoms with E-state index in [1.165, 1.54) is 5.69 Å². The smallest absolute Gasteiger partial charge is 0.318 e. The molecule has 5 rings (SSSR count). The highest BCUT2D eigenvalue weighted by Gasteiger charge is 2.37. The fourth-order valence-corrected chi connectivity index (χ4v) is 7.44. The number of ether oxygens (including phenoxy) is 2. The molecule has 38 heavy (non-hydrogen) atoms. The number of nitrogens with zero attached hydrogens (tertiary/aromatic N) is 6. The van der Waals surface area contributed by atoms with Crippen molar-refractivity contribution in [2.24, 2.45) is 0 Å². The van der Waals surface area contributed by atoms with Gasteiger partial charge in [0.1, 0.15) is 18.2 Å². The maximum absolute atomic E-state index is 13.7. The van der Waals surface area contributed by atoms with Gasteiger partial charge in [-0.15, -0.1) is 0 Å². The zero-order valence-electron chi connectivity index (χ0n) is 22.1. The molecule has 1 atom stereocenters. The van der Waals surface area contributed by atoms with Crippen LogP contribution in [0.2, 0.25) is 0 Å². The van der Waals surface area contributed by atoms with E-state index >= 15 is 0 Å². The molecular weight excluding hydrogens is 504 g/mol. The van der Waals surface area contributed by atoms with E-state index in [0.29, 0.717) is 28.3 Å². The second-order valence-electron chi connectivity index (χ2n) is 9.69. The Hall–Kier alpha value is -3.44.